The Morgan fingerprint density at radius 1 is 1.17 bits per heavy atom. The molecule has 5 heteroatoms. The molecule has 2 heterocycles. The standard InChI is InChI=1S/C18H18N4O/c1-2-16(14-7-4-3-5-8-14)18(23)21-15-9-10-17(19-13-15)22-12-6-11-20-22/h3-13,16H,2H2,1H3,(H,21,23). The zero-order valence-corrected chi connectivity index (χ0v) is 12.9. The molecule has 116 valence electrons. The molecule has 1 aromatic carbocycles. The molecule has 0 aliphatic rings. The Morgan fingerprint density at radius 2 is 2.00 bits per heavy atom. The number of pyridine rings is 1. The Balaban J connectivity index is 1.72. The summed E-state index contributed by atoms with van der Waals surface area (Å²) >= 11 is 0. The number of aromatic nitrogens is 3. The second-order valence-corrected chi connectivity index (χ2v) is 5.22. The molecule has 3 rings (SSSR count). The van der Waals surface area contributed by atoms with Gasteiger partial charge in [-0.15, -0.1) is 0 Å². The van der Waals surface area contributed by atoms with Gasteiger partial charge in [-0.3, -0.25) is 4.79 Å². The van der Waals surface area contributed by atoms with Crippen molar-refractivity contribution < 1.29 is 4.79 Å². The van der Waals surface area contributed by atoms with Crippen LogP contribution in [0.1, 0.15) is 24.8 Å². The maximum absolute atomic E-state index is 12.5. The summed E-state index contributed by atoms with van der Waals surface area (Å²) in [4.78, 5) is 16.8. The van der Waals surface area contributed by atoms with E-state index >= 15 is 0 Å². The predicted molar refractivity (Wildman–Crippen MR) is 89.5 cm³/mol. The van der Waals surface area contributed by atoms with E-state index in [1.54, 1.807) is 17.1 Å². The van der Waals surface area contributed by atoms with E-state index in [1.807, 2.05) is 61.7 Å². The number of rotatable bonds is 5. The van der Waals surface area contributed by atoms with Gasteiger partial charge in [-0.25, -0.2) is 9.67 Å². The zero-order valence-electron chi connectivity index (χ0n) is 12.9. The van der Waals surface area contributed by atoms with Crippen molar-refractivity contribution in [2.24, 2.45) is 0 Å². The molecule has 0 fully saturated rings. The molecule has 0 saturated carbocycles. The summed E-state index contributed by atoms with van der Waals surface area (Å²) in [5.74, 6) is 0.525. The van der Waals surface area contributed by atoms with Gasteiger partial charge in [-0.05, 0) is 30.2 Å². The summed E-state index contributed by atoms with van der Waals surface area (Å²) in [5.41, 5.74) is 1.70. The smallest absolute Gasteiger partial charge is 0.231 e. The van der Waals surface area contributed by atoms with Gasteiger partial charge in [0.15, 0.2) is 5.82 Å². The number of anilines is 1. The number of carbonyl (C=O) groups is 1. The van der Waals surface area contributed by atoms with Crippen LogP contribution in [0.5, 0.6) is 0 Å². The second kappa shape index (κ2) is 6.87. The van der Waals surface area contributed by atoms with E-state index in [1.165, 1.54) is 0 Å². The van der Waals surface area contributed by atoms with Crippen molar-refractivity contribution in [2.75, 3.05) is 5.32 Å². The fraction of sp³-hybridized carbons (Fsp3) is 0.167. The van der Waals surface area contributed by atoms with Gasteiger partial charge in [0.05, 0.1) is 17.8 Å². The minimum Gasteiger partial charge on any atom is -0.324 e. The zero-order chi connectivity index (χ0) is 16.1. The highest BCUT2D eigenvalue weighted by atomic mass is 16.1. The molecule has 1 amide bonds. The maximum atomic E-state index is 12.5. The third-order valence-corrected chi connectivity index (χ3v) is 3.68. The van der Waals surface area contributed by atoms with Gasteiger partial charge in [0.25, 0.3) is 0 Å². The number of hydrogen-bond donors (Lipinski definition) is 1. The summed E-state index contributed by atoms with van der Waals surface area (Å²) in [6, 6.07) is 15.3. The quantitative estimate of drug-likeness (QED) is 0.786. The normalized spacial score (nSPS) is 11.9. The highest BCUT2D eigenvalue weighted by molar-refractivity contribution is 5.95. The number of benzene rings is 1. The number of nitrogens with one attached hydrogen (secondary N) is 1. The molecule has 1 unspecified atom stereocenters. The van der Waals surface area contributed by atoms with Gasteiger partial charge in [0.1, 0.15) is 0 Å². The van der Waals surface area contributed by atoms with E-state index in [2.05, 4.69) is 15.4 Å². The first-order chi connectivity index (χ1) is 11.3. The van der Waals surface area contributed by atoms with Crippen LogP contribution >= 0.6 is 0 Å². The second-order valence-electron chi connectivity index (χ2n) is 5.22. The Bertz CT molecular complexity index is 751. The first-order valence-electron chi connectivity index (χ1n) is 7.60. The molecule has 3 aromatic rings. The molecule has 0 spiro atoms. The highest BCUT2D eigenvalue weighted by Gasteiger charge is 2.18. The molecule has 1 atom stereocenters. The third-order valence-electron chi connectivity index (χ3n) is 3.68. The maximum Gasteiger partial charge on any atom is 0.231 e. The molecule has 0 aliphatic heterocycles. The van der Waals surface area contributed by atoms with Crippen LogP contribution in [0.4, 0.5) is 5.69 Å². The molecular weight excluding hydrogens is 288 g/mol. The summed E-state index contributed by atoms with van der Waals surface area (Å²) < 4.78 is 1.67. The van der Waals surface area contributed by atoms with Crippen LogP contribution in [-0.4, -0.2) is 20.7 Å². The highest BCUT2D eigenvalue weighted by Crippen LogP contribution is 2.21. The van der Waals surface area contributed by atoms with E-state index in [0.29, 0.717) is 11.5 Å². The largest absolute Gasteiger partial charge is 0.324 e. The Morgan fingerprint density at radius 3 is 2.61 bits per heavy atom. The number of hydrogen-bond acceptors (Lipinski definition) is 3. The van der Waals surface area contributed by atoms with E-state index in [-0.39, 0.29) is 11.8 Å². The molecule has 0 radical (unpaired) electrons. The lowest BCUT2D eigenvalue weighted by Crippen LogP contribution is -2.20. The van der Waals surface area contributed by atoms with Gasteiger partial charge in [-0.2, -0.15) is 5.10 Å². The average molecular weight is 306 g/mol. The third kappa shape index (κ3) is 3.45. The number of nitrogens with zero attached hydrogens (tertiary/aromatic N) is 3. The van der Waals surface area contributed by atoms with Crippen molar-refractivity contribution in [3.8, 4) is 5.82 Å². The van der Waals surface area contributed by atoms with Crippen molar-refractivity contribution in [3.63, 3.8) is 0 Å². The molecule has 0 saturated heterocycles. The van der Waals surface area contributed by atoms with Crippen molar-refractivity contribution in [2.45, 2.75) is 19.3 Å². The van der Waals surface area contributed by atoms with Gasteiger partial charge < -0.3 is 5.32 Å². The van der Waals surface area contributed by atoms with Crippen LogP contribution in [0.3, 0.4) is 0 Å². The van der Waals surface area contributed by atoms with Gasteiger partial charge in [0.2, 0.25) is 5.91 Å². The summed E-state index contributed by atoms with van der Waals surface area (Å²) in [6.45, 7) is 2.01. The fourth-order valence-corrected chi connectivity index (χ4v) is 2.49. The first kappa shape index (κ1) is 15.0. The Kier molecular flexibility index (Phi) is 4.47. The van der Waals surface area contributed by atoms with Crippen LogP contribution in [0.2, 0.25) is 0 Å². The Labute approximate surface area is 135 Å². The molecule has 2 aromatic heterocycles. The van der Waals surface area contributed by atoms with E-state index in [9.17, 15) is 4.79 Å². The predicted octanol–water partition coefficient (Wildman–Crippen LogP) is 3.40. The van der Waals surface area contributed by atoms with Crippen LogP contribution in [0, 0.1) is 0 Å². The molecule has 0 bridgehead atoms. The van der Waals surface area contributed by atoms with Crippen molar-refractivity contribution >= 4 is 11.6 Å². The van der Waals surface area contributed by atoms with Crippen LogP contribution in [0.15, 0.2) is 67.1 Å². The van der Waals surface area contributed by atoms with Crippen LogP contribution < -0.4 is 5.32 Å². The number of amides is 1. The van der Waals surface area contributed by atoms with Gasteiger partial charge in [0, 0.05) is 12.4 Å². The van der Waals surface area contributed by atoms with Crippen molar-refractivity contribution in [1.29, 1.82) is 0 Å². The minimum absolute atomic E-state index is 0.0210. The molecule has 0 aliphatic carbocycles. The monoisotopic (exact) mass is 306 g/mol. The minimum atomic E-state index is -0.165. The van der Waals surface area contributed by atoms with E-state index in [0.717, 1.165) is 12.0 Å². The molecule has 5 nitrogen and oxygen atoms in total. The van der Waals surface area contributed by atoms with E-state index < -0.39 is 0 Å². The van der Waals surface area contributed by atoms with Crippen molar-refractivity contribution in [1.82, 2.24) is 14.8 Å². The lowest BCUT2D eigenvalue weighted by atomic mass is 9.95. The van der Waals surface area contributed by atoms with Gasteiger partial charge in [-0.1, -0.05) is 37.3 Å². The lowest BCUT2D eigenvalue weighted by molar-refractivity contribution is -0.117. The summed E-state index contributed by atoms with van der Waals surface area (Å²) in [7, 11) is 0. The topological polar surface area (TPSA) is 59.8 Å². The first-order valence-corrected chi connectivity index (χ1v) is 7.60. The van der Waals surface area contributed by atoms with E-state index in [4.69, 9.17) is 0 Å². The van der Waals surface area contributed by atoms with Crippen LogP contribution in [0.25, 0.3) is 5.82 Å². The SMILES string of the molecule is CCC(C(=O)Nc1ccc(-n2cccn2)nc1)c1ccccc1. The Hall–Kier alpha value is -2.95. The molecule has 23 heavy (non-hydrogen) atoms. The average Bonchev–Trinajstić information content (AvgIpc) is 3.12. The van der Waals surface area contributed by atoms with Gasteiger partial charge >= 0.3 is 0 Å². The van der Waals surface area contributed by atoms with Crippen molar-refractivity contribution in [3.05, 3.63) is 72.7 Å². The molecule has 1 N–H and O–H groups in total. The number of carbonyl (C=O) groups excluding carboxylic acids is 1. The van der Waals surface area contributed by atoms with Crippen LogP contribution in [-0.2, 0) is 4.79 Å². The summed E-state index contributed by atoms with van der Waals surface area (Å²) in [6.07, 6.45) is 5.91. The lowest BCUT2D eigenvalue weighted by Gasteiger charge is -2.15. The fourth-order valence-electron chi connectivity index (χ4n) is 2.49. The molecular formula is C18H18N4O. The summed E-state index contributed by atoms with van der Waals surface area (Å²) in [5, 5.41) is 7.06.